The molecule has 1 aliphatic rings. The van der Waals surface area contributed by atoms with Crippen molar-refractivity contribution in [1.29, 1.82) is 0 Å². The molecule has 1 heterocycles. The molecule has 1 N–H and O–H groups in total. The number of nitrogens with one attached hydrogen (secondary N) is 1. The number of rotatable bonds is 6. The number of halogens is 1. The Morgan fingerprint density at radius 1 is 1.26 bits per heavy atom. The van der Waals surface area contributed by atoms with Crippen LogP contribution < -0.4 is 14.8 Å². The van der Waals surface area contributed by atoms with E-state index in [1.54, 1.807) is 22.5 Å². The molecule has 2 rings (SSSR count). The molecule has 8 heteroatoms. The maximum Gasteiger partial charge on any atom is 0.250 e. The van der Waals surface area contributed by atoms with E-state index < -0.39 is 10.0 Å². The van der Waals surface area contributed by atoms with Gasteiger partial charge in [-0.2, -0.15) is 4.31 Å². The van der Waals surface area contributed by atoms with Gasteiger partial charge in [0.25, 0.3) is 0 Å². The summed E-state index contributed by atoms with van der Waals surface area (Å²) in [5, 5.41) is 3.12. The van der Waals surface area contributed by atoms with Gasteiger partial charge in [0.2, 0.25) is 10.0 Å². The van der Waals surface area contributed by atoms with Crippen molar-refractivity contribution in [2.24, 2.45) is 5.92 Å². The molecule has 1 aromatic carbocycles. The van der Waals surface area contributed by atoms with Crippen molar-refractivity contribution in [3.63, 3.8) is 0 Å². The first-order valence-electron chi connectivity index (χ1n) is 7.40. The summed E-state index contributed by atoms with van der Waals surface area (Å²) in [5.74, 6) is 0.958. The third-order valence-electron chi connectivity index (χ3n) is 3.96. The fourth-order valence-electron chi connectivity index (χ4n) is 2.90. The normalized spacial score (nSPS) is 19.0. The first kappa shape index (κ1) is 20.0. The predicted molar refractivity (Wildman–Crippen MR) is 92.2 cm³/mol. The van der Waals surface area contributed by atoms with E-state index in [9.17, 15) is 8.42 Å². The van der Waals surface area contributed by atoms with Crippen molar-refractivity contribution in [3.8, 4) is 11.5 Å². The van der Waals surface area contributed by atoms with E-state index in [0.717, 1.165) is 19.4 Å². The second-order valence-electron chi connectivity index (χ2n) is 5.42. The smallest absolute Gasteiger partial charge is 0.250 e. The van der Waals surface area contributed by atoms with E-state index in [0.29, 0.717) is 30.5 Å². The molecule has 1 unspecified atom stereocenters. The van der Waals surface area contributed by atoms with Crippen LogP contribution in [0.1, 0.15) is 12.8 Å². The lowest BCUT2D eigenvalue weighted by molar-refractivity contribution is 0.261. The fourth-order valence-corrected chi connectivity index (χ4v) is 4.75. The average molecular weight is 365 g/mol. The molecule has 0 bridgehead atoms. The number of benzene rings is 1. The van der Waals surface area contributed by atoms with E-state index in [4.69, 9.17) is 9.47 Å². The van der Waals surface area contributed by atoms with Crippen LogP contribution in [-0.4, -0.2) is 53.6 Å². The van der Waals surface area contributed by atoms with E-state index in [1.165, 1.54) is 14.2 Å². The molecule has 0 spiro atoms. The summed E-state index contributed by atoms with van der Waals surface area (Å²) in [5.41, 5.74) is 0. The third-order valence-corrected chi connectivity index (χ3v) is 5.88. The highest BCUT2D eigenvalue weighted by atomic mass is 35.5. The zero-order valence-corrected chi connectivity index (χ0v) is 15.4. The number of hydrogen-bond acceptors (Lipinski definition) is 5. The minimum atomic E-state index is -3.64. The standard InChI is InChI=1S/C15H24N2O4S.ClH/c1-16-10-12-6-5-9-17(11-12)22(18,19)15-13(20-2)7-4-8-14(15)21-3;/h4,7-8,12,16H,5-6,9-11H2,1-3H3;1H. The van der Waals surface area contributed by atoms with E-state index >= 15 is 0 Å². The van der Waals surface area contributed by atoms with Crippen LogP contribution in [-0.2, 0) is 10.0 Å². The van der Waals surface area contributed by atoms with Gasteiger partial charge in [0.05, 0.1) is 14.2 Å². The zero-order chi connectivity index (χ0) is 16.2. The van der Waals surface area contributed by atoms with Crippen LogP contribution in [0.15, 0.2) is 23.1 Å². The summed E-state index contributed by atoms with van der Waals surface area (Å²) in [7, 11) is 1.17. The fraction of sp³-hybridized carbons (Fsp3) is 0.600. The molecule has 0 aliphatic carbocycles. The van der Waals surface area contributed by atoms with Gasteiger partial charge >= 0.3 is 0 Å². The molecule has 1 aromatic rings. The first-order valence-corrected chi connectivity index (χ1v) is 8.84. The van der Waals surface area contributed by atoms with Crippen LogP contribution in [0.3, 0.4) is 0 Å². The van der Waals surface area contributed by atoms with E-state index in [2.05, 4.69) is 5.32 Å². The van der Waals surface area contributed by atoms with Gasteiger partial charge in [-0.25, -0.2) is 8.42 Å². The summed E-state index contributed by atoms with van der Waals surface area (Å²) in [6.07, 6.45) is 1.90. The quantitative estimate of drug-likeness (QED) is 0.832. The van der Waals surface area contributed by atoms with Crippen LogP contribution in [0, 0.1) is 5.92 Å². The number of sulfonamides is 1. The molecular formula is C15H25ClN2O4S. The van der Waals surface area contributed by atoms with Gasteiger partial charge in [-0.05, 0) is 44.5 Å². The molecule has 132 valence electrons. The Balaban J connectivity index is 0.00000264. The molecule has 1 fully saturated rings. The van der Waals surface area contributed by atoms with Gasteiger partial charge in [-0.1, -0.05) is 6.07 Å². The largest absolute Gasteiger partial charge is 0.495 e. The van der Waals surface area contributed by atoms with Gasteiger partial charge in [0.1, 0.15) is 11.5 Å². The second-order valence-corrected chi connectivity index (χ2v) is 7.30. The lowest BCUT2D eigenvalue weighted by atomic mass is 10.00. The Labute approximate surface area is 144 Å². The number of hydrogen-bond donors (Lipinski definition) is 1. The third kappa shape index (κ3) is 4.29. The van der Waals surface area contributed by atoms with Crippen molar-refractivity contribution >= 4 is 22.4 Å². The van der Waals surface area contributed by atoms with Gasteiger partial charge in [0, 0.05) is 13.1 Å². The summed E-state index contributed by atoms with van der Waals surface area (Å²) < 4.78 is 38.1. The highest BCUT2D eigenvalue weighted by Gasteiger charge is 2.34. The molecule has 23 heavy (non-hydrogen) atoms. The molecule has 6 nitrogen and oxygen atoms in total. The van der Waals surface area contributed by atoms with Crippen LogP contribution >= 0.6 is 12.4 Å². The SMILES string of the molecule is CNCC1CCCN(S(=O)(=O)c2c(OC)cccc2OC)C1.Cl. The highest BCUT2D eigenvalue weighted by molar-refractivity contribution is 7.89. The Hall–Kier alpha value is -1.02. The summed E-state index contributed by atoms with van der Waals surface area (Å²) in [6, 6.07) is 5.01. The summed E-state index contributed by atoms with van der Waals surface area (Å²) in [6.45, 7) is 1.86. The monoisotopic (exact) mass is 364 g/mol. The van der Waals surface area contributed by atoms with Crippen molar-refractivity contribution in [2.75, 3.05) is 40.9 Å². The van der Waals surface area contributed by atoms with Crippen LogP contribution in [0.4, 0.5) is 0 Å². The lowest BCUT2D eigenvalue weighted by Crippen LogP contribution is -2.42. The molecule has 0 aromatic heterocycles. The molecule has 0 amide bonds. The molecule has 0 saturated carbocycles. The Morgan fingerprint density at radius 2 is 1.87 bits per heavy atom. The number of ether oxygens (including phenoxy) is 2. The summed E-state index contributed by atoms with van der Waals surface area (Å²) in [4.78, 5) is 0.116. The van der Waals surface area contributed by atoms with Crippen molar-refractivity contribution in [1.82, 2.24) is 9.62 Å². The Morgan fingerprint density at radius 3 is 2.39 bits per heavy atom. The van der Waals surface area contributed by atoms with Crippen LogP contribution in [0.25, 0.3) is 0 Å². The maximum atomic E-state index is 13.0. The minimum absolute atomic E-state index is 0. The molecule has 0 radical (unpaired) electrons. The van der Waals surface area contributed by atoms with E-state index in [-0.39, 0.29) is 17.3 Å². The average Bonchev–Trinajstić information content (AvgIpc) is 2.54. The minimum Gasteiger partial charge on any atom is -0.495 e. The number of nitrogens with zero attached hydrogens (tertiary/aromatic N) is 1. The van der Waals surface area contributed by atoms with Crippen LogP contribution in [0.2, 0.25) is 0 Å². The number of piperidine rings is 1. The topological polar surface area (TPSA) is 67.9 Å². The van der Waals surface area contributed by atoms with Gasteiger partial charge in [0.15, 0.2) is 4.90 Å². The van der Waals surface area contributed by atoms with Gasteiger partial charge in [-0.15, -0.1) is 12.4 Å². The van der Waals surface area contributed by atoms with Gasteiger partial charge in [-0.3, -0.25) is 0 Å². The molecule has 1 atom stereocenters. The predicted octanol–water partition coefficient (Wildman–Crippen LogP) is 1.75. The Bertz CT molecular complexity index is 585. The first-order chi connectivity index (χ1) is 10.5. The van der Waals surface area contributed by atoms with Crippen molar-refractivity contribution in [3.05, 3.63) is 18.2 Å². The Kier molecular flexibility index (Phi) is 7.60. The highest BCUT2D eigenvalue weighted by Crippen LogP contribution is 2.36. The van der Waals surface area contributed by atoms with Gasteiger partial charge < -0.3 is 14.8 Å². The second kappa shape index (κ2) is 8.73. The molecular weight excluding hydrogens is 340 g/mol. The van der Waals surface area contributed by atoms with Crippen molar-refractivity contribution in [2.45, 2.75) is 17.7 Å². The summed E-state index contributed by atoms with van der Waals surface area (Å²) >= 11 is 0. The van der Waals surface area contributed by atoms with E-state index in [1.807, 2.05) is 7.05 Å². The molecule has 1 saturated heterocycles. The van der Waals surface area contributed by atoms with Crippen molar-refractivity contribution < 1.29 is 17.9 Å². The lowest BCUT2D eigenvalue weighted by Gasteiger charge is -2.32. The zero-order valence-electron chi connectivity index (χ0n) is 13.7. The number of methoxy groups -OCH3 is 2. The van der Waals surface area contributed by atoms with Crippen LogP contribution in [0.5, 0.6) is 11.5 Å². The maximum absolute atomic E-state index is 13.0. The molecule has 1 aliphatic heterocycles.